The maximum Gasteiger partial charge on any atom is 0.339 e. The van der Waals surface area contributed by atoms with Crippen molar-refractivity contribution >= 4 is 36.1 Å². The molecule has 0 heterocycles. The van der Waals surface area contributed by atoms with Gasteiger partial charge in [-0.3, -0.25) is 0 Å². The molecule has 0 radical (unpaired) electrons. The molecule has 0 aromatic heterocycles. The first-order valence-corrected chi connectivity index (χ1v) is 10.5. The Morgan fingerprint density at radius 1 is 1.04 bits per heavy atom. The van der Waals surface area contributed by atoms with Crippen molar-refractivity contribution in [2.45, 2.75) is 13.8 Å². The first-order valence-electron chi connectivity index (χ1n) is 7.12. The molecule has 0 saturated carbocycles. The second-order valence-corrected chi connectivity index (χ2v) is 8.47. The largest absolute Gasteiger partial charge is 0.507 e. The van der Waals surface area contributed by atoms with Crippen molar-refractivity contribution in [3.8, 4) is 11.5 Å². The van der Waals surface area contributed by atoms with Gasteiger partial charge in [0, 0.05) is 0 Å². The molecule has 0 aliphatic rings. The van der Waals surface area contributed by atoms with Crippen molar-refractivity contribution in [3.63, 3.8) is 0 Å². The van der Waals surface area contributed by atoms with Gasteiger partial charge in [-0.2, -0.15) is 0 Å². The van der Waals surface area contributed by atoms with Gasteiger partial charge in [-0.15, -0.1) is 0 Å². The van der Waals surface area contributed by atoms with E-state index in [-0.39, 0.29) is 27.1 Å². The topological polar surface area (TPSA) is 164 Å². The molecule has 140 valence electrons. The third-order valence-electron chi connectivity index (χ3n) is 3.10. The van der Waals surface area contributed by atoms with Crippen molar-refractivity contribution in [2.24, 2.45) is 0 Å². The molecule has 0 unspecified atom stereocenters. The van der Waals surface area contributed by atoms with Crippen LogP contribution in [0.4, 0.5) is 5.69 Å². The zero-order valence-electron chi connectivity index (χ0n) is 13.9. The van der Waals surface area contributed by atoms with Gasteiger partial charge in [-0.05, 0) is 18.6 Å². The van der Waals surface area contributed by atoms with Crippen molar-refractivity contribution in [3.05, 3.63) is 47.5 Å². The molecule has 0 saturated heterocycles. The number of aryl methyl sites for hydroxylation is 1. The number of para-hydroxylation sites is 2. The van der Waals surface area contributed by atoms with Crippen molar-refractivity contribution in [1.29, 1.82) is 0 Å². The quantitative estimate of drug-likeness (QED) is 0.301. The fourth-order valence-electron chi connectivity index (χ4n) is 1.91. The Morgan fingerprint density at radius 2 is 1.62 bits per heavy atom. The molecule has 2 aromatic rings. The second-order valence-electron chi connectivity index (χ2n) is 5.17. The van der Waals surface area contributed by atoms with Crippen molar-refractivity contribution in [1.82, 2.24) is 0 Å². The Balaban J connectivity index is 0.000000273. The minimum atomic E-state index is -5.14. The van der Waals surface area contributed by atoms with Crippen LogP contribution in [-0.4, -0.2) is 49.6 Å². The number of aromatic hydroxyl groups is 2. The van der Waals surface area contributed by atoms with Gasteiger partial charge in [0.2, 0.25) is 0 Å². The molecule has 2 rings (SSSR count). The summed E-state index contributed by atoms with van der Waals surface area (Å²) in [7, 11) is 0. The molecule has 0 atom stereocenters. The summed E-state index contributed by atoms with van der Waals surface area (Å²) in [6.45, 7) is 2.84. The van der Waals surface area contributed by atoms with Gasteiger partial charge in [0.1, 0.15) is 11.3 Å². The number of amides is 1. The number of aromatic carboxylic acids is 1. The zero-order valence-corrected chi connectivity index (χ0v) is 15.7. The Bertz CT molecular complexity index is 875. The van der Waals surface area contributed by atoms with E-state index in [9.17, 15) is 23.5 Å². The van der Waals surface area contributed by atoms with Gasteiger partial charge in [0.25, 0.3) is 0 Å². The van der Waals surface area contributed by atoms with E-state index in [1.165, 1.54) is 31.2 Å². The van der Waals surface area contributed by atoms with E-state index in [2.05, 4.69) is 5.32 Å². The summed E-state index contributed by atoms with van der Waals surface area (Å²) < 4.78 is 28.8. The monoisotopic (exact) mass is 427 g/mol. The standard InChI is InChI=1S/C8H10AsNO5.C8H8O3/c1-5(11)10-8-6(9(13,14)15)3-2-4-7(8)12;1-5-3-2-4-6(7(5)9)8(10)11/h2-4,12H,1H3,(H,10,11)(H2,13,14,15);2-4,9H,1H3,(H,10,11). The average Bonchev–Trinajstić information content (AvgIpc) is 2.51. The summed E-state index contributed by atoms with van der Waals surface area (Å²) in [5.74, 6) is -2.14. The van der Waals surface area contributed by atoms with Gasteiger partial charge in [0.05, 0.1) is 0 Å². The van der Waals surface area contributed by atoms with Gasteiger partial charge < -0.3 is 10.2 Å². The number of hydrogen-bond acceptors (Lipinski definition) is 5. The summed E-state index contributed by atoms with van der Waals surface area (Å²) in [5.41, 5.74) is 0.299. The molecule has 10 heteroatoms. The van der Waals surface area contributed by atoms with Gasteiger partial charge in [-0.1, -0.05) is 12.1 Å². The number of benzene rings is 2. The fraction of sp³-hybridized carbons (Fsp3) is 0.125. The average molecular weight is 427 g/mol. The van der Waals surface area contributed by atoms with Crippen LogP contribution in [0.3, 0.4) is 0 Å². The van der Waals surface area contributed by atoms with Crippen LogP contribution >= 0.6 is 0 Å². The van der Waals surface area contributed by atoms with Crippen LogP contribution in [-0.2, 0) is 8.53 Å². The predicted molar refractivity (Wildman–Crippen MR) is 92.7 cm³/mol. The third kappa shape index (κ3) is 5.66. The molecule has 0 spiro atoms. The van der Waals surface area contributed by atoms with Crippen LogP contribution in [0.2, 0.25) is 0 Å². The Labute approximate surface area is 151 Å². The van der Waals surface area contributed by atoms with E-state index in [1.807, 2.05) is 0 Å². The number of carbonyl (C=O) groups is 2. The number of nitrogens with one attached hydrogen (secondary N) is 1. The molecule has 0 bridgehead atoms. The van der Waals surface area contributed by atoms with Gasteiger partial charge in [-0.25, -0.2) is 4.79 Å². The number of phenolic OH excluding ortho intramolecular Hbond substituents is 1. The van der Waals surface area contributed by atoms with Gasteiger partial charge >= 0.3 is 94.1 Å². The maximum absolute atomic E-state index is 11.1. The number of anilines is 1. The summed E-state index contributed by atoms with van der Waals surface area (Å²) >= 11 is -5.14. The molecule has 9 nitrogen and oxygen atoms in total. The Hall–Kier alpha value is -2.74. The van der Waals surface area contributed by atoms with E-state index in [1.54, 1.807) is 19.1 Å². The fourth-order valence-corrected chi connectivity index (χ4v) is 3.46. The number of carboxylic acids is 1. The van der Waals surface area contributed by atoms with Crippen molar-refractivity contribution in [2.75, 3.05) is 5.32 Å². The second kappa shape index (κ2) is 8.57. The summed E-state index contributed by atoms with van der Waals surface area (Å²) in [6, 6.07) is 8.33. The number of phenols is 2. The van der Waals surface area contributed by atoms with Crippen molar-refractivity contribution < 1.29 is 36.8 Å². The summed E-state index contributed by atoms with van der Waals surface area (Å²) in [5, 5.41) is 29.3. The molecular weight excluding hydrogens is 409 g/mol. The normalized spacial score (nSPS) is 10.5. The SMILES string of the molecule is CC(=O)Nc1c(O)cccc1[As](=O)(O)O.Cc1cccc(C(=O)O)c1O. The maximum atomic E-state index is 11.1. The molecule has 6 N–H and O–H groups in total. The minimum Gasteiger partial charge on any atom is -0.507 e. The Kier molecular flexibility index (Phi) is 7.02. The third-order valence-corrected chi connectivity index (χ3v) is 5.20. The Morgan fingerprint density at radius 3 is 2.08 bits per heavy atom. The van der Waals surface area contributed by atoms with Crippen LogP contribution in [0, 0.1) is 6.92 Å². The summed E-state index contributed by atoms with van der Waals surface area (Å²) in [6.07, 6.45) is 0. The number of rotatable bonds is 3. The van der Waals surface area contributed by atoms with E-state index in [0.29, 0.717) is 5.56 Å². The molecule has 1 amide bonds. The zero-order chi connectivity index (χ0) is 20.1. The van der Waals surface area contributed by atoms with Gasteiger partial charge in [0.15, 0.2) is 0 Å². The molecule has 2 aromatic carbocycles. The van der Waals surface area contributed by atoms with E-state index in [0.717, 1.165) is 0 Å². The van der Waals surface area contributed by atoms with Crippen LogP contribution in [0.1, 0.15) is 22.8 Å². The van der Waals surface area contributed by atoms with E-state index in [4.69, 9.17) is 13.3 Å². The molecule has 0 aliphatic heterocycles. The summed E-state index contributed by atoms with van der Waals surface area (Å²) in [4.78, 5) is 21.2. The smallest absolute Gasteiger partial charge is 0.339 e. The molecular formula is C16H18AsNO8. The molecule has 0 fully saturated rings. The molecule has 0 aliphatic carbocycles. The molecule has 26 heavy (non-hydrogen) atoms. The van der Waals surface area contributed by atoms with Crippen LogP contribution < -0.4 is 9.67 Å². The number of carbonyl (C=O) groups excluding carboxylic acids is 1. The predicted octanol–water partition coefficient (Wildman–Crippen LogP) is 0.310. The van der Waals surface area contributed by atoms with E-state index < -0.39 is 26.0 Å². The first kappa shape index (κ1) is 21.3. The van der Waals surface area contributed by atoms with E-state index >= 15 is 0 Å². The number of carboxylic acid groups (broad SMARTS) is 1. The van der Waals surface area contributed by atoms with Crippen LogP contribution in [0.15, 0.2) is 36.4 Å². The number of hydrogen-bond donors (Lipinski definition) is 6. The van der Waals surface area contributed by atoms with Crippen LogP contribution in [0.5, 0.6) is 11.5 Å². The first-order chi connectivity index (χ1) is 11.9. The van der Waals surface area contributed by atoms with Crippen LogP contribution in [0.25, 0.3) is 0 Å². The minimum absolute atomic E-state index is 0.0509.